The van der Waals surface area contributed by atoms with E-state index in [1.165, 1.54) is 38.5 Å². The van der Waals surface area contributed by atoms with Gasteiger partial charge in [-0.05, 0) is 61.7 Å². The molecule has 4 rings (SSSR count). The third kappa shape index (κ3) is 8.04. The molecule has 0 aromatic rings. The summed E-state index contributed by atoms with van der Waals surface area (Å²) in [6.07, 6.45) is 28.5. The quantitative estimate of drug-likeness (QED) is 0.281. The first kappa shape index (κ1) is 26.2. The second kappa shape index (κ2) is 15.1. The van der Waals surface area contributed by atoms with E-state index in [2.05, 4.69) is 61.3 Å². The van der Waals surface area contributed by atoms with E-state index in [0.717, 1.165) is 29.6 Å². The van der Waals surface area contributed by atoms with Gasteiger partial charge in [0.2, 0.25) is 0 Å². The molecule has 4 aliphatic rings. The number of hydrogen-bond acceptors (Lipinski definition) is 0. The Balaban J connectivity index is 0.000000401. The fraction of sp³-hybridized carbons (Fsp3) is 0.478. The standard InChI is InChI=1S/C12H16.C9H12.2CH3.2ClH.Zr/c1-2-5-10-8-9-11-6-3-4-7-12(10)11;1-2-5-9-7-3-6-8(9)4-1;;;;;/h2-4,6-7,10-12H,1,5,8-9H2;1-2,4-5,8-9H,3,6-7H2;2*1H3;2*1H;/q;;2*-1;;;+4/p-2. The Hall–Kier alpha value is 0.163. The zero-order chi connectivity index (χ0) is 17.2. The summed E-state index contributed by atoms with van der Waals surface area (Å²) in [5.41, 5.74) is 0. The molecule has 0 spiro atoms. The summed E-state index contributed by atoms with van der Waals surface area (Å²) in [7, 11) is 9.87. The average molecular weight is 473 g/mol. The van der Waals surface area contributed by atoms with E-state index in [1.807, 2.05) is 0 Å². The predicted octanol–water partition coefficient (Wildman–Crippen LogP) is 8.14. The monoisotopic (exact) mass is 470 g/mol. The minimum atomic E-state index is -0.826. The molecule has 0 radical (unpaired) electrons. The van der Waals surface area contributed by atoms with Gasteiger partial charge < -0.3 is 14.9 Å². The van der Waals surface area contributed by atoms with Crippen LogP contribution in [0.5, 0.6) is 0 Å². The Morgan fingerprint density at radius 2 is 1.31 bits per heavy atom. The van der Waals surface area contributed by atoms with Gasteiger partial charge in [0.1, 0.15) is 0 Å². The van der Waals surface area contributed by atoms with Crippen LogP contribution in [0.3, 0.4) is 0 Å². The Morgan fingerprint density at radius 3 is 1.85 bits per heavy atom. The van der Waals surface area contributed by atoms with Crippen LogP contribution < -0.4 is 0 Å². The van der Waals surface area contributed by atoms with Crippen LogP contribution in [-0.4, -0.2) is 0 Å². The molecule has 144 valence electrons. The first-order valence-corrected chi connectivity index (χ1v) is 15.4. The van der Waals surface area contributed by atoms with Crippen molar-refractivity contribution in [3.8, 4) is 0 Å². The van der Waals surface area contributed by atoms with Gasteiger partial charge in [-0.3, -0.25) is 0 Å². The van der Waals surface area contributed by atoms with E-state index in [4.69, 9.17) is 17.0 Å². The molecule has 4 aliphatic carbocycles. The van der Waals surface area contributed by atoms with Crippen molar-refractivity contribution in [2.45, 2.75) is 38.5 Å². The van der Waals surface area contributed by atoms with Crippen molar-refractivity contribution in [2.24, 2.45) is 29.6 Å². The molecule has 0 saturated heterocycles. The fourth-order valence-electron chi connectivity index (χ4n) is 4.46. The molecule has 5 unspecified atom stereocenters. The first-order chi connectivity index (χ1) is 11.8. The molecule has 0 amide bonds. The Labute approximate surface area is 181 Å². The van der Waals surface area contributed by atoms with Crippen molar-refractivity contribution >= 4 is 17.0 Å². The van der Waals surface area contributed by atoms with E-state index in [-0.39, 0.29) is 14.9 Å². The third-order valence-corrected chi connectivity index (χ3v) is 5.63. The summed E-state index contributed by atoms with van der Waals surface area (Å²) in [4.78, 5) is 0. The number of rotatable bonds is 2. The van der Waals surface area contributed by atoms with Crippen LogP contribution in [0.25, 0.3) is 0 Å². The average Bonchev–Trinajstić information content (AvgIpc) is 3.24. The van der Waals surface area contributed by atoms with Crippen LogP contribution in [0.15, 0.2) is 61.3 Å². The molecule has 0 aromatic carbocycles. The first-order valence-electron chi connectivity index (χ1n) is 9.07. The second-order valence-electron chi connectivity index (χ2n) is 6.97. The molecular formula is C23H34Cl2Zr. The summed E-state index contributed by atoms with van der Waals surface area (Å²) in [6, 6.07) is 0. The summed E-state index contributed by atoms with van der Waals surface area (Å²) in [5.74, 6) is 4.31. The Morgan fingerprint density at radius 1 is 0.808 bits per heavy atom. The van der Waals surface area contributed by atoms with E-state index in [0.29, 0.717) is 0 Å². The molecule has 3 heteroatoms. The molecule has 0 aromatic heterocycles. The van der Waals surface area contributed by atoms with Crippen LogP contribution in [0, 0.1) is 44.4 Å². The topological polar surface area (TPSA) is 0 Å². The van der Waals surface area contributed by atoms with Crippen molar-refractivity contribution in [1.82, 2.24) is 0 Å². The van der Waals surface area contributed by atoms with Crippen molar-refractivity contribution in [1.29, 1.82) is 0 Å². The summed E-state index contributed by atoms with van der Waals surface area (Å²) < 4.78 is 0. The molecular weight excluding hydrogens is 438 g/mol. The maximum atomic E-state index is 4.93. The predicted molar refractivity (Wildman–Crippen MR) is 116 cm³/mol. The molecule has 0 aliphatic heterocycles. The number of halogens is 2. The molecule has 0 heterocycles. The maximum absolute atomic E-state index is 4.93. The molecule has 0 N–H and O–H groups in total. The molecule has 0 nitrogen and oxygen atoms in total. The van der Waals surface area contributed by atoms with Crippen LogP contribution in [0.1, 0.15) is 38.5 Å². The van der Waals surface area contributed by atoms with Crippen LogP contribution in [0.2, 0.25) is 0 Å². The van der Waals surface area contributed by atoms with Crippen molar-refractivity contribution in [2.75, 3.05) is 0 Å². The number of hydrogen-bond donors (Lipinski definition) is 0. The van der Waals surface area contributed by atoms with Gasteiger partial charge in [0, 0.05) is 0 Å². The van der Waals surface area contributed by atoms with Crippen LogP contribution in [-0.2, 0) is 20.8 Å². The van der Waals surface area contributed by atoms with Gasteiger partial charge in [0.25, 0.3) is 0 Å². The zero-order valence-electron chi connectivity index (χ0n) is 16.3. The van der Waals surface area contributed by atoms with Crippen molar-refractivity contribution < 1.29 is 20.8 Å². The molecule has 2 saturated carbocycles. The Kier molecular flexibility index (Phi) is 15.2. The van der Waals surface area contributed by atoms with Gasteiger partial charge in [-0.15, -0.1) is 6.58 Å². The van der Waals surface area contributed by atoms with Crippen LogP contribution in [0.4, 0.5) is 0 Å². The molecule has 0 bridgehead atoms. The van der Waals surface area contributed by atoms with Gasteiger partial charge in [-0.2, -0.15) is 0 Å². The van der Waals surface area contributed by atoms with Gasteiger partial charge in [0.15, 0.2) is 0 Å². The summed E-state index contributed by atoms with van der Waals surface area (Å²) >= 11 is -0.826. The SMILES string of the molecule is C1=CC2CCCC2C=C1.C=CCC1CCC2C=CC=CC21.[CH3-].[CH3-].[Cl][Zr+2][Cl]. The van der Waals surface area contributed by atoms with E-state index in [1.54, 1.807) is 0 Å². The fourth-order valence-corrected chi connectivity index (χ4v) is 4.46. The molecule has 26 heavy (non-hydrogen) atoms. The third-order valence-electron chi connectivity index (χ3n) is 5.63. The van der Waals surface area contributed by atoms with Gasteiger partial charge >= 0.3 is 37.9 Å². The molecule has 2 fully saturated rings. The van der Waals surface area contributed by atoms with Gasteiger partial charge in [-0.1, -0.05) is 61.1 Å². The van der Waals surface area contributed by atoms with Crippen molar-refractivity contribution in [3.63, 3.8) is 0 Å². The zero-order valence-corrected chi connectivity index (χ0v) is 20.3. The van der Waals surface area contributed by atoms with E-state index >= 15 is 0 Å². The summed E-state index contributed by atoms with van der Waals surface area (Å²) in [5, 5.41) is 0. The number of fused-ring (bicyclic) bond motifs is 2. The number of allylic oxidation sites excluding steroid dienone is 9. The van der Waals surface area contributed by atoms with Gasteiger partial charge in [0.05, 0.1) is 0 Å². The van der Waals surface area contributed by atoms with Gasteiger partial charge in [-0.25, -0.2) is 0 Å². The Bertz CT molecular complexity index is 474. The summed E-state index contributed by atoms with van der Waals surface area (Å²) in [6.45, 7) is 3.82. The van der Waals surface area contributed by atoms with Crippen molar-refractivity contribution in [3.05, 3.63) is 76.1 Å². The van der Waals surface area contributed by atoms with E-state index < -0.39 is 20.8 Å². The second-order valence-corrected chi connectivity index (χ2v) is 10.7. The minimum absolute atomic E-state index is 0. The normalized spacial score (nSPS) is 31.5. The van der Waals surface area contributed by atoms with E-state index in [9.17, 15) is 0 Å². The van der Waals surface area contributed by atoms with Crippen LogP contribution >= 0.6 is 17.0 Å². The molecule has 5 atom stereocenters.